The summed E-state index contributed by atoms with van der Waals surface area (Å²) < 4.78 is 13.4. The molecule has 0 bridgehead atoms. The Morgan fingerprint density at radius 1 is 0.972 bits per heavy atom. The fraction of sp³-hybridized carbons (Fsp3) is 0.103. The van der Waals surface area contributed by atoms with Crippen LogP contribution in [0.15, 0.2) is 102 Å². The number of para-hydroxylation sites is 2. The summed E-state index contributed by atoms with van der Waals surface area (Å²) in [5.41, 5.74) is 4.55. The number of carbonyl (C=O) groups excluding carboxylic acids is 1. The zero-order valence-electron chi connectivity index (χ0n) is 19.6. The maximum Gasteiger partial charge on any atom is 0.287 e. The molecule has 0 saturated carbocycles. The van der Waals surface area contributed by atoms with E-state index in [1.54, 1.807) is 18.2 Å². The molecule has 0 unspecified atom stereocenters. The summed E-state index contributed by atoms with van der Waals surface area (Å²) in [6.07, 6.45) is 1.94. The molecule has 5 aromatic rings. The smallest absolute Gasteiger partial charge is 0.287 e. The fourth-order valence-electron chi connectivity index (χ4n) is 3.87. The van der Waals surface area contributed by atoms with E-state index in [4.69, 9.17) is 25.9 Å². The molecule has 5 rings (SSSR count). The van der Waals surface area contributed by atoms with Crippen LogP contribution in [0.5, 0.6) is 5.75 Å². The van der Waals surface area contributed by atoms with E-state index >= 15 is 0 Å². The van der Waals surface area contributed by atoms with Crippen LogP contribution in [-0.2, 0) is 13.2 Å². The van der Waals surface area contributed by atoms with Crippen molar-refractivity contribution in [2.45, 2.75) is 20.1 Å². The molecule has 1 N–H and O–H groups in total. The van der Waals surface area contributed by atoms with Gasteiger partial charge in [-0.2, -0.15) is 5.10 Å². The molecule has 0 spiro atoms. The predicted octanol–water partition coefficient (Wildman–Crippen LogP) is 6.60. The number of rotatable bonds is 8. The predicted molar refractivity (Wildman–Crippen MR) is 139 cm³/mol. The van der Waals surface area contributed by atoms with Gasteiger partial charge in [-0.15, -0.1) is 0 Å². The number of furan rings is 1. The lowest BCUT2D eigenvalue weighted by atomic mass is 10.1. The third-order valence-electron chi connectivity index (χ3n) is 5.71. The first kappa shape index (κ1) is 23.5. The molecule has 6 nitrogen and oxygen atoms in total. The number of nitrogens with zero attached hydrogens (tertiary/aromatic N) is 2. The van der Waals surface area contributed by atoms with Crippen LogP contribution >= 0.6 is 11.6 Å². The third-order valence-corrected chi connectivity index (χ3v) is 6.00. The van der Waals surface area contributed by atoms with Crippen LogP contribution in [0.25, 0.3) is 16.9 Å². The summed E-state index contributed by atoms with van der Waals surface area (Å²) in [6, 6.07) is 28.7. The van der Waals surface area contributed by atoms with Crippen molar-refractivity contribution >= 4 is 17.5 Å². The van der Waals surface area contributed by atoms with Gasteiger partial charge in [-0.05, 0) is 42.8 Å². The molecule has 0 aliphatic rings. The van der Waals surface area contributed by atoms with E-state index in [0.29, 0.717) is 23.1 Å². The first-order valence-electron chi connectivity index (χ1n) is 11.5. The van der Waals surface area contributed by atoms with E-state index in [9.17, 15) is 4.79 Å². The van der Waals surface area contributed by atoms with Gasteiger partial charge in [-0.1, -0.05) is 72.3 Å². The van der Waals surface area contributed by atoms with Gasteiger partial charge in [0.15, 0.2) is 5.76 Å². The third kappa shape index (κ3) is 5.19. The van der Waals surface area contributed by atoms with Crippen molar-refractivity contribution in [3.05, 3.63) is 125 Å². The number of benzene rings is 3. The van der Waals surface area contributed by atoms with Crippen LogP contribution in [0.1, 0.15) is 27.4 Å². The van der Waals surface area contributed by atoms with Gasteiger partial charge in [0, 0.05) is 23.9 Å². The van der Waals surface area contributed by atoms with E-state index < -0.39 is 0 Å². The minimum Gasteiger partial charge on any atom is -0.484 e. The largest absolute Gasteiger partial charge is 0.484 e. The first-order chi connectivity index (χ1) is 17.6. The van der Waals surface area contributed by atoms with Gasteiger partial charge >= 0.3 is 0 Å². The highest BCUT2D eigenvalue weighted by atomic mass is 35.5. The van der Waals surface area contributed by atoms with Gasteiger partial charge in [0.25, 0.3) is 5.91 Å². The summed E-state index contributed by atoms with van der Waals surface area (Å²) in [7, 11) is 0. The van der Waals surface area contributed by atoms with Gasteiger partial charge in [0.05, 0.1) is 16.4 Å². The van der Waals surface area contributed by atoms with Crippen molar-refractivity contribution < 1.29 is 13.9 Å². The second-order valence-corrected chi connectivity index (χ2v) is 8.68. The molecule has 0 saturated heterocycles. The van der Waals surface area contributed by atoms with Crippen LogP contribution in [-0.4, -0.2) is 15.7 Å². The van der Waals surface area contributed by atoms with Crippen molar-refractivity contribution in [1.29, 1.82) is 0 Å². The van der Waals surface area contributed by atoms with Crippen LogP contribution in [0.3, 0.4) is 0 Å². The summed E-state index contributed by atoms with van der Waals surface area (Å²) >= 11 is 6.22. The average Bonchev–Trinajstić information content (AvgIpc) is 3.56. The summed E-state index contributed by atoms with van der Waals surface area (Å²) in [4.78, 5) is 12.8. The summed E-state index contributed by atoms with van der Waals surface area (Å²) in [5.74, 6) is 1.02. The van der Waals surface area contributed by atoms with Crippen LogP contribution < -0.4 is 10.1 Å². The molecule has 180 valence electrons. The van der Waals surface area contributed by atoms with E-state index in [2.05, 4.69) is 5.32 Å². The zero-order chi connectivity index (χ0) is 24.9. The molecule has 0 aliphatic heterocycles. The topological polar surface area (TPSA) is 69.3 Å². The fourth-order valence-corrected chi connectivity index (χ4v) is 4.15. The quantitative estimate of drug-likeness (QED) is 0.262. The van der Waals surface area contributed by atoms with Gasteiger partial charge in [0.1, 0.15) is 18.1 Å². The number of nitrogens with one attached hydrogen (secondary N) is 1. The molecule has 2 aromatic heterocycles. The van der Waals surface area contributed by atoms with Crippen molar-refractivity contribution in [2.24, 2.45) is 0 Å². The highest BCUT2D eigenvalue weighted by molar-refractivity contribution is 6.32. The van der Waals surface area contributed by atoms with Crippen LogP contribution in [0.4, 0.5) is 0 Å². The number of aromatic nitrogens is 2. The number of amides is 1. The number of halogens is 1. The lowest BCUT2D eigenvalue weighted by Gasteiger charge is -2.09. The molecular weight excluding hydrogens is 474 g/mol. The Kier molecular flexibility index (Phi) is 6.87. The van der Waals surface area contributed by atoms with Gasteiger partial charge < -0.3 is 14.5 Å². The van der Waals surface area contributed by atoms with Gasteiger partial charge in [0.2, 0.25) is 0 Å². The maximum absolute atomic E-state index is 12.8. The number of ether oxygens (including phenoxy) is 1. The monoisotopic (exact) mass is 497 g/mol. The maximum atomic E-state index is 12.8. The molecule has 0 aliphatic carbocycles. The number of hydrogen-bond donors (Lipinski definition) is 1. The lowest BCUT2D eigenvalue weighted by Crippen LogP contribution is -2.22. The number of carbonyl (C=O) groups is 1. The Balaban J connectivity index is 1.29. The van der Waals surface area contributed by atoms with Gasteiger partial charge in [-0.25, -0.2) is 4.68 Å². The molecule has 2 heterocycles. The van der Waals surface area contributed by atoms with Crippen molar-refractivity contribution in [3.63, 3.8) is 0 Å². The normalized spacial score (nSPS) is 10.8. The highest BCUT2D eigenvalue weighted by Crippen LogP contribution is 2.29. The number of hydrogen-bond acceptors (Lipinski definition) is 4. The Bertz CT molecular complexity index is 1460. The summed E-state index contributed by atoms with van der Waals surface area (Å²) in [5, 5.41) is 8.27. The summed E-state index contributed by atoms with van der Waals surface area (Å²) in [6.45, 7) is 2.38. The highest BCUT2D eigenvalue weighted by Gasteiger charge is 2.16. The molecule has 36 heavy (non-hydrogen) atoms. The lowest BCUT2D eigenvalue weighted by molar-refractivity contribution is 0.0919. The number of aryl methyl sites for hydroxylation is 1. The SMILES string of the molecule is Cc1cccc(Cl)c1OCc1ccc(C(=O)NCc2cn(-c3ccccc3)nc2-c2ccccc2)o1. The van der Waals surface area contributed by atoms with Crippen molar-refractivity contribution in [3.8, 4) is 22.7 Å². The molecular formula is C29H24ClN3O3. The molecule has 7 heteroatoms. The van der Waals surface area contributed by atoms with E-state index in [1.807, 2.05) is 90.6 Å². The van der Waals surface area contributed by atoms with E-state index in [-0.39, 0.29) is 18.3 Å². The second-order valence-electron chi connectivity index (χ2n) is 8.27. The Labute approximate surface area is 214 Å². The molecule has 0 fully saturated rings. The van der Waals surface area contributed by atoms with E-state index in [0.717, 1.165) is 28.1 Å². The van der Waals surface area contributed by atoms with Crippen molar-refractivity contribution in [2.75, 3.05) is 0 Å². The molecule has 1 amide bonds. The Morgan fingerprint density at radius 2 is 1.72 bits per heavy atom. The Morgan fingerprint density at radius 3 is 2.47 bits per heavy atom. The molecule has 0 atom stereocenters. The first-order valence-corrected chi connectivity index (χ1v) is 11.9. The second kappa shape index (κ2) is 10.5. The zero-order valence-corrected chi connectivity index (χ0v) is 20.4. The van der Waals surface area contributed by atoms with Crippen LogP contribution in [0.2, 0.25) is 5.02 Å². The van der Waals surface area contributed by atoms with E-state index in [1.165, 1.54) is 0 Å². The average molecular weight is 498 g/mol. The standard InChI is InChI=1S/C29H24ClN3O3/c1-20-9-8-14-25(30)28(20)35-19-24-15-16-26(36-24)29(34)31-17-22-18-33(23-12-6-3-7-13-23)32-27(22)21-10-4-2-5-11-21/h2-16,18H,17,19H2,1H3,(H,31,34). The molecule has 3 aromatic carbocycles. The minimum absolute atomic E-state index is 0.167. The molecule has 0 radical (unpaired) electrons. The minimum atomic E-state index is -0.318. The van der Waals surface area contributed by atoms with Gasteiger partial charge in [-0.3, -0.25) is 4.79 Å². The van der Waals surface area contributed by atoms with Crippen LogP contribution in [0, 0.1) is 6.92 Å². The van der Waals surface area contributed by atoms with Crippen molar-refractivity contribution in [1.82, 2.24) is 15.1 Å². The Hall–Kier alpha value is -4.29.